The highest BCUT2D eigenvalue weighted by molar-refractivity contribution is 8.00. The second-order valence-electron chi connectivity index (χ2n) is 12.4. The fraction of sp³-hybridized carbons (Fsp3) is 0.167. The van der Waals surface area contributed by atoms with Crippen molar-refractivity contribution in [2.24, 2.45) is 14.1 Å². The number of benzene rings is 4. The standard InChI is InChI=1S/C18H14F3N3O6S.C18H14F3N3O4S/c1-10-9-11(24-16(26)22-15(25)23(2)17(24)27)3-8-14(10)30-12-4-6-13(7-5-12)31(28,29)18(19,20)21;1-10-9-11(24-16(26)22-15(25)23(2)17(24)27)3-8-14(10)28-12-4-6-13(7-5-12)29-18(19,20)21/h3-9H,1-2H3,(H,22,25,26);3-9H,1-2H3,(H,22,25,26). The predicted octanol–water partition coefficient (Wildman–Crippen LogP) is 4.56. The monoisotopic (exact) mass is 882 g/mol. The average molecular weight is 883 g/mol. The summed E-state index contributed by atoms with van der Waals surface area (Å²) < 4.78 is 112. The first kappa shape index (κ1) is 44.3. The van der Waals surface area contributed by atoms with Crippen molar-refractivity contribution in [3.05, 3.63) is 159 Å². The lowest BCUT2D eigenvalue weighted by molar-refractivity contribution is -0.0436. The molecule has 6 rings (SSSR count). The molecule has 0 aliphatic rings. The Morgan fingerprint density at radius 2 is 0.950 bits per heavy atom. The van der Waals surface area contributed by atoms with Crippen LogP contribution in [-0.2, 0) is 23.9 Å². The Morgan fingerprint density at radius 1 is 0.567 bits per heavy atom. The van der Waals surface area contributed by atoms with Gasteiger partial charge in [-0.15, -0.1) is 0 Å². The van der Waals surface area contributed by atoms with Crippen LogP contribution in [0.4, 0.5) is 26.3 Å². The van der Waals surface area contributed by atoms with Gasteiger partial charge in [-0.05, 0) is 122 Å². The van der Waals surface area contributed by atoms with Crippen molar-refractivity contribution in [3.63, 3.8) is 0 Å². The lowest BCUT2D eigenvalue weighted by atomic mass is 10.2. The van der Waals surface area contributed by atoms with E-state index < -0.39 is 59.9 Å². The second kappa shape index (κ2) is 16.8. The number of sulfone groups is 1. The highest BCUT2D eigenvalue weighted by Gasteiger charge is 2.46. The minimum Gasteiger partial charge on any atom is -0.457 e. The summed E-state index contributed by atoms with van der Waals surface area (Å²) in [5, 5.41) is 0. The van der Waals surface area contributed by atoms with Gasteiger partial charge in [0.15, 0.2) is 0 Å². The van der Waals surface area contributed by atoms with E-state index in [1.807, 2.05) is 9.97 Å². The number of H-pyrrole nitrogens is 2. The van der Waals surface area contributed by atoms with E-state index in [0.717, 1.165) is 42.5 Å². The van der Waals surface area contributed by atoms with Crippen molar-refractivity contribution in [1.29, 1.82) is 0 Å². The van der Waals surface area contributed by atoms with Crippen molar-refractivity contribution >= 4 is 21.6 Å². The molecule has 4 aromatic carbocycles. The number of hydrogen-bond donors (Lipinski definition) is 2. The fourth-order valence-corrected chi connectivity index (χ4v) is 6.42. The molecule has 24 heteroatoms. The molecule has 2 N–H and O–H groups in total. The van der Waals surface area contributed by atoms with Crippen molar-refractivity contribution < 1.29 is 44.2 Å². The Bertz CT molecular complexity index is 3080. The summed E-state index contributed by atoms with van der Waals surface area (Å²) in [5.74, 6) is 1.02. The number of alkyl halides is 6. The van der Waals surface area contributed by atoms with Crippen molar-refractivity contribution in [1.82, 2.24) is 28.2 Å². The number of nitrogens with one attached hydrogen (secondary N) is 2. The molecule has 0 unspecified atom stereocenters. The Kier molecular flexibility index (Phi) is 12.4. The first-order chi connectivity index (χ1) is 27.9. The van der Waals surface area contributed by atoms with Crippen LogP contribution in [0.5, 0.6) is 23.0 Å². The number of hydrogen-bond acceptors (Lipinski definition) is 11. The fourth-order valence-electron chi connectivity index (χ4n) is 5.12. The van der Waals surface area contributed by atoms with Crippen molar-refractivity contribution in [2.45, 2.75) is 34.7 Å². The molecule has 0 fully saturated rings. The number of nitrogens with zero attached hydrogens (tertiary/aromatic N) is 4. The molecule has 6 aromatic rings. The van der Waals surface area contributed by atoms with Gasteiger partial charge in [-0.25, -0.2) is 55.5 Å². The van der Waals surface area contributed by atoms with Crippen molar-refractivity contribution in [3.8, 4) is 34.4 Å². The largest absolute Gasteiger partial charge is 0.501 e. The van der Waals surface area contributed by atoms with Gasteiger partial charge in [-0.2, -0.15) is 26.3 Å². The van der Waals surface area contributed by atoms with Crippen LogP contribution in [0.2, 0.25) is 0 Å². The molecule has 0 saturated carbocycles. The Labute approximate surface area is 335 Å². The number of aromatic amines is 2. The molecular weight excluding hydrogens is 855 g/mol. The molecule has 16 nitrogen and oxygen atoms in total. The Morgan fingerprint density at radius 3 is 1.30 bits per heavy atom. The lowest BCUT2D eigenvalue weighted by Gasteiger charge is -2.12. The third-order valence-corrected chi connectivity index (χ3v) is 10.4. The highest BCUT2D eigenvalue weighted by Crippen LogP contribution is 2.38. The summed E-state index contributed by atoms with van der Waals surface area (Å²) in [6.45, 7) is 3.26. The van der Waals surface area contributed by atoms with Crippen LogP contribution in [0.25, 0.3) is 11.4 Å². The number of rotatable bonds is 8. The number of aromatic nitrogens is 6. The zero-order valence-corrected chi connectivity index (χ0v) is 32.7. The van der Waals surface area contributed by atoms with Gasteiger partial charge in [0.1, 0.15) is 23.0 Å². The quantitative estimate of drug-likeness (QED) is 0.160. The minimum atomic E-state index is -5.47. The molecule has 0 amide bonds. The molecule has 316 valence electrons. The third-order valence-electron chi connectivity index (χ3n) is 8.18. The molecule has 0 radical (unpaired) electrons. The van der Waals surface area contributed by atoms with Crippen LogP contribution < -0.4 is 43.6 Å². The summed E-state index contributed by atoms with van der Waals surface area (Å²) in [6, 6.07) is 17.8. The van der Waals surface area contributed by atoms with Gasteiger partial charge in [-0.3, -0.25) is 9.97 Å². The van der Waals surface area contributed by atoms with Gasteiger partial charge < -0.3 is 9.47 Å². The van der Waals surface area contributed by atoms with E-state index in [1.165, 1.54) is 74.8 Å². The van der Waals surface area contributed by atoms with Crippen LogP contribution in [0.3, 0.4) is 0 Å². The van der Waals surface area contributed by atoms with Crippen LogP contribution >= 0.6 is 11.8 Å². The first-order valence-electron chi connectivity index (χ1n) is 16.6. The smallest absolute Gasteiger partial charge is 0.457 e. The van der Waals surface area contributed by atoms with E-state index in [1.54, 1.807) is 13.8 Å². The Hall–Kier alpha value is -6.82. The number of aryl methyl sites for hydroxylation is 2. The number of thioether (sulfide) groups is 1. The maximum absolute atomic E-state index is 12.6. The van der Waals surface area contributed by atoms with Gasteiger partial charge in [0.05, 0.1) is 16.3 Å². The topological polar surface area (TPSA) is 206 Å². The Balaban J connectivity index is 0.000000228. The first-order valence-corrected chi connectivity index (χ1v) is 18.9. The maximum Gasteiger partial charge on any atom is 0.501 e. The highest BCUT2D eigenvalue weighted by atomic mass is 32.2. The van der Waals surface area contributed by atoms with Crippen LogP contribution in [0, 0.1) is 13.8 Å². The van der Waals surface area contributed by atoms with E-state index in [2.05, 4.69) is 0 Å². The average Bonchev–Trinajstić information content (AvgIpc) is 3.15. The zero-order chi connectivity index (χ0) is 44.5. The van der Waals surface area contributed by atoms with Gasteiger partial charge in [0.25, 0.3) is 9.84 Å². The van der Waals surface area contributed by atoms with E-state index in [-0.39, 0.29) is 39.5 Å². The zero-order valence-electron chi connectivity index (χ0n) is 31.0. The predicted molar refractivity (Wildman–Crippen MR) is 203 cm³/mol. The molecule has 0 aliphatic heterocycles. The molecule has 2 aromatic heterocycles. The molecule has 2 heterocycles. The summed E-state index contributed by atoms with van der Waals surface area (Å²) in [4.78, 5) is 74.6. The molecule has 0 atom stereocenters. The lowest BCUT2D eigenvalue weighted by Crippen LogP contribution is -2.47. The molecular formula is C36H28F6N6O10S2. The van der Waals surface area contributed by atoms with E-state index in [9.17, 15) is 63.5 Å². The second-order valence-corrected chi connectivity index (χ2v) is 15.4. The summed E-state index contributed by atoms with van der Waals surface area (Å²) in [5.41, 5.74) is -13.5. The maximum atomic E-state index is 12.6. The van der Waals surface area contributed by atoms with Gasteiger partial charge >= 0.3 is 45.2 Å². The summed E-state index contributed by atoms with van der Waals surface area (Å²) >= 11 is -0.221. The molecule has 0 bridgehead atoms. The molecule has 0 saturated heterocycles. The van der Waals surface area contributed by atoms with E-state index >= 15 is 0 Å². The van der Waals surface area contributed by atoms with Crippen LogP contribution in [-0.4, -0.2) is 47.7 Å². The minimum absolute atomic E-state index is 0.0326. The van der Waals surface area contributed by atoms with Crippen LogP contribution in [0.1, 0.15) is 11.1 Å². The SMILES string of the molecule is Cc1cc(-n2c(=O)[nH]c(=O)n(C)c2=O)ccc1Oc1ccc(S(=O)(=O)C(F)(F)F)cc1.Cc1cc(-n2c(=O)[nH]c(=O)n(C)c2=O)ccc1Oc1ccc(SC(F)(F)F)cc1. The van der Waals surface area contributed by atoms with E-state index in [0.29, 0.717) is 22.6 Å². The number of halogens is 6. The van der Waals surface area contributed by atoms with Crippen molar-refractivity contribution in [2.75, 3.05) is 0 Å². The van der Waals surface area contributed by atoms with E-state index in [4.69, 9.17) is 9.47 Å². The van der Waals surface area contributed by atoms with Gasteiger partial charge in [-0.1, -0.05) is 0 Å². The molecule has 0 spiro atoms. The summed E-state index contributed by atoms with van der Waals surface area (Å²) in [7, 11) is -3.03. The summed E-state index contributed by atoms with van der Waals surface area (Å²) in [6.07, 6.45) is 0. The van der Waals surface area contributed by atoms with Crippen LogP contribution in [0.15, 0.2) is 123 Å². The van der Waals surface area contributed by atoms with Gasteiger partial charge in [0, 0.05) is 19.0 Å². The molecule has 60 heavy (non-hydrogen) atoms. The molecule has 0 aliphatic carbocycles. The third kappa shape index (κ3) is 9.71. The number of ether oxygens (including phenoxy) is 2. The van der Waals surface area contributed by atoms with Gasteiger partial charge in [0.2, 0.25) is 0 Å². The normalized spacial score (nSPS) is 11.8.